The topological polar surface area (TPSA) is 81.7 Å². The van der Waals surface area contributed by atoms with Gasteiger partial charge >= 0.3 is 0 Å². The second kappa shape index (κ2) is 10.0. The summed E-state index contributed by atoms with van der Waals surface area (Å²) in [7, 11) is -3.77. The fraction of sp³-hybridized carbons (Fsp3) is 0.409. The highest BCUT2D eigenvalue weighted by Gasteiger charge is 2.29. The third-order valence-corrected chi connectivity index (χ3v) is 6.29. The predicted octanol–water partition coefficient (Wildman–Crippen LogP) is 3.34. The quantitative estimate of drug-likeness (QED) is 0.500. The minimum absolute atomic E-state index is 0.00255. The smallest absolute Gasteiger partial charge is 0.296 e. The fourth-order valence-corrected chi connectivity index (χ4v) is 4.27. The first-order valence-electron chi connectivity index (χ1n) is 9.85. The molecule has 1 amide bonds. The molecule has 2 atom stereocenters. The lowest BCUT2D eigenvalue weighted by atomic mass is 9.96. The average molecular weight is 418 g/mol. The molecule has 1 saturated heterocycles. The lowest BCUT2D eigenvalue weighted by Crippen LogP contribution is -2.49. The van der Waals surface area contributed by atoms with Crippen LogP contribution in [0.5, 0.6) is 0 Å². The predicted molar refractivity (Wildman–Crippen MR) is 110 cm³/mol. The minimum Gasteiger partial charge on any atom is -0.371 e. The Bertz CT molecular complexity index is 897. The number of aryl methyl sites for hydroxylation is 1. The number of piperidine rings is 1. The molecule has 1 aliphatic rings. The van der Waals surface area contributed by atoms with Crippen LogP contribution in [-0.4, -0.2) is 33.1 Å². The van der Waals surface area contributed by atoms with E-state index in [0.29, 0.717) is 32.3 Å². The Kier molecular flexibility index (Phi) is 7.41. The average Bonchev–Trinajstić information content (AvgIpc) is 2.72. The van der Waals surface area contributed by atoms with E-state index in [0.717, 1.165) is 11.1 Å². The van der Waals surface area contributed by atoms with Gasteiger partial charge in [-0.3, -0.25) is 8.98 Å². The first-order chi connectivity index (χ1) is 13.9. The number of hydrogen-bond acceptors (Lipinski definition) is 5. The summed E-state index contributed by atoms with van der Waals surface area (Å²) in [5.74, 6) is 0.00255. The number of nitrogens with one attached hydrogen (secondary N) is 1. The standard InChI is InChI=1S/C22H27NO5S/c1-17-9-11-19(12-10-17)29(25,26)28-15-5-8-20-21(13-14-22(24)23-20)27-16-18-6-3-2-4-7-18/h2-4,6-7,9-12,20-21H,5,8,13-16H2,1H3,(H,23,24)/t20-,21+/m0/s1. The summed E-state index contributed by atoms with van der Waals surface area (Å²) in [5.41, 5.74) is 2.06. The summed E-state index contributed by atoms with van der Waals surface area (Å²) in [6.45, 7) is 2.44. The summed E-state index contributed by atoms with van der Waals surface area (Å²) >= 11 is 0. The summed E-state index contributed by atoms with van der Waals surface area (Å²) in [5, 5.41) is 2.97. The maximum atomic E-state index is 12.3. The molecule has 3 rings (SSSR count). The van der Waals surface area contributed by atoms with E-state index >= 15 is 0 Å². The zero-order chi connectivity index (χ0) is 20.7. The van der Waals surface area contributed by atoms with E-state index in [2.05, 4.69) is 5.32 Å². The molecule has 0 radical (unpaired) electrons. The summed E-state index contributed by atoms with van der Waals surface area (Å²) in [6.07, 6.45) is 2.09. The normalized spacial score (nSPS) is 19.7. The van der Waals surface area contributed by atoms with Crippen molar-refractivity contribution in [1.29, 1.82) is 0 Å². The van der Waals surface area contributed by atoms with E-state index in [1.807, 2.05) is 37.3 Å². The van der Waals surface area contributed by atoms with Gasteiger partial charge in [-0.1, -0.05) is 48.0 Å². The van der Waals surface area contributed by atoms with E-state index in [4.69, 9.17) is 8.92 Å². The van der Waals surface area contributed by atoms with Crippen LogP contribution in [0.15, 0.2) is 59.5 Å². The van der Waals surface area contributed by atoms with Gasteiger partial charge in [-0.2, -0.15) is 8.42 Å². The maximum Gasteiger partial charge on any atom is 0.296 e. The van der Waals surface area contributed by atoms with Crippen molar-refractivity contribution in [3.8, 4) is 0 Å². The maximum absolute atomic E-state index is 12.3. The monoisotopic (exact) mass is 417 g/mol. The molecule has 0 aliphatic carbocycles. The number of amides is 1. The Balaban J connectivity index is 1.49. The van der Waals surface area contributed by atoms with Gasteiger partial charge in [0.1, 0.15) is 0 Å². The van der Waals surface area contributed by atoms with Crippen molar-refractivity contribution < 1.29 is 22.1 Å². The fourth-order valence-electron chi connectivity index (χ4n) is 3.33. The van der Waals surface area contributed by atoms with Crippen LogP contribution in [0.2, 0.25) is 0 Å². The molecular weight excluding hydrogens is 390 g/mol. The summed E-state index contributed by atoms with van der Waals surface area (Å²) in [6, 6.07) is 16.3. The highest BCUT2D eigenvalue weighted by Crippen LogP contribution is 2.20. The van der Waals surface area contributed by atoms with Gasteiger partial charge in [0, 0.05) is 6.42 Å². The number of carbonyl (C=O) groups is 1. The molecule has 1 fully saturated rings. The SMILES string of the molecule is Cc1ccc(S(=O)(=O)OCCC[C@@H]2NC(=O)CC[C@H]2OCc2ccccc2)cc1. The molecule has 0 saturated carbocycles. The first-order valence-corrected chi connectivity index (χ1v) is 11.3. The third kappa shape index (κ3) is 6.39. The molecule has 1 aliphatic heterocycles. The Hall–Kier alpha value is -2.22. The largest absolute Gasteiger partial charge is 0.371 e. The van der Waals surface area contributed by atoms with Crippen LogP contribution >= 0.6 is 0 Å². The van der Waals surface area contributed by atoms with E-state index < -0.39 is 10.1 Å². The highest BCUT2D eigenvalue weighted by molar-refractivity contribution is 7.86. The minimum atomic E-state index is -3.77. The van der Waals surface area contributed by atoms with Crippen LogP contribution in [0.1, 0.15) is 36.8 Å². The Morgan fingerprint density at radius 2 is 1.79 bits per heavy atom. The van der Waals surface area contributed by atoms with Crippen molar-refractivity contribution in [3.63, 3.8) is 0 Å². The third-order valence-electron chi connectivity index (χ3n) is 4.97. The highest BCUT2D eigenvalue weighted by atomic mass is 32.2. The van der Waals surface area contributed by atoms with E-state index in [1.54, 1.807) is 24.3 Å². The van der Waals surface area contributed by atoms with Crippen molar-refractivity contribution in [2.75, 3.05) is 6.61 Å². The summed E-state index contributed by atoms with van der Waals surface area (Å²) < 4.78 is 35.7. The number of carbonyl (C=O) groups excluding carboxylic acids is 1. The summed E-state index contributed by atoms with van der Waals surface area (Å²) in [4.78, 5) is 12.0. The van der Waals surface area contributed by atoms with Gasteiger partial charge in [0.15, 0.2) is 0 Å². The van der Waals surface area contributed by atoms with Crippen LogP contribution < -0.4 is 5.32 Å². The number of benzene rings is 2. The van der Waals surface area contributed by atoms with E-state index in [1.165, 1.54) is 0 Å². The second-order valence-corrected chi connectivity index (χ2v) is 8.89. The van der Waals surface area contributed by atoms with Crippen LogP contribution in [-0.2, 0) is 30.4 Å². The van der Waals surface area contributed by atoms with Gasteiger partial charge in [-0.05, 0) is 43.9 Å². The molecule has 1 heterocycles. The first kappa shape index (κ1) is 21.5. The number of rotatable bonds is 9. The van der Waals surface area contributed by atoms with Gasteiger partial charge in [0.2, 0.25) is 5.91 Å². The molecule has 2 aromatic rings. The lowest BCUT2D eigenvalue weighted by molar-refractivity contribution is -0.128. The number of hydrogen-bond donors (Lipinski definition) is 1. The molecule has 7 heteroatoms. The zero-order valence-electron chi connectivity index (χ0n) is 16.5. The molecule has 29 heavy (non-hydrogen) atoms. The molecule has 0 bridgehead atoms. The van der Waals surface area contributed by atoms with Gasteiger partial charge in [-0.25, -0.2) is 0 Å². The lowest BCUT2D eigenvalue weighted by Gasteiger charge is -2.32. The zero-order valence-corrected chi connectivity index (χ0v) is 17.4. The van der Waals surface area contributed by atoms with Gasteiger partial charge < -0.3 is 10.1 Å². The molecule has 156 valence electrons. The molecule has 6 nitrogen and oxygen atoms in total. The van der Waals surface area contributed by atoms with Crippen LogP contribution in [0.3, 0.4) is 0 Å². The Morgan fingerprint density at radius 3 is 2.52 bits per heavy atom. The molecule has 0 unspecified atom stereocenters. The van der Waals surface area contributed by atoms with Gasteiger partial charge in [-0.15, -0.1) is 0 Å². The van der Waals surface area contributed by atoms with Crippen molar-refractivity contribution in [3.05, 3.63) is 65.7 Å². The molecule has 0 aromatic heterocycles. The number of ether oxygens (including phenoxy) is 1. The van der Waals surface area contributed by atoms with Crippen molar-refractivity contribution in [1.82, 2.24) is 5.32 Å². The van der Waals surface area contributed by atoms with E-state index in [9.17, 15) is 13.2 Å². The van der Waals surface area contributed by atoms with Crippen molar-refractivity contribution >= 4 is 16.0 Å². The molecule has 1 N–H and O–H groups in total. The van der Waals surface area contributed by atoms with Crippen molar-refractivity contribution in [2.24, 2.45) is 0 Å². The van der Waals surface area contributed by atoms with Gasteiger partial charge in [0.25, 0.3) is 10.1 Å². The molecule has 2 aromatic carbocycles. The van der Waals surface area contributed by atoms with Crippen molar-refractivity contribution in [2.45, 2.75) is 56.3 Å². The van der Waals surface area contributed by atoms with Crippen LogP contribution in [0.4, 0.5) is 0 Å². The molecular formula is C22H27NO5S. The molecule has 0 spiro atoms. The van der Waals surface area contributed by atoms with Crippen LogP contribution in [0.25, 0.3) is 0 Å². The van der Waals surface area contributed by atoms with Crippen LogP contribution in [0, 0.1) is 6.92 Å². The van der Waals surface area contributed by atoms with Gasteiger partial charge in [0.05, 0.1) is 30.3 Å². The second-order valence-electron chi connectivity index (χ2n) is 7.28. The Morgan fingerprint density at radius 1 is 1.07 bits per heavy atom. The Labute approximate surface area is 172 Å². The van der Waals surface area contributed by atoms with E-state index in [-0.39, 0.29) is 29.6 Å².